The molecule has 0 atom stereocenters. The number of hydrogen-bond acceptors (Lipinski definition) is 1. The monoisotopic (exact) mass is 352 g/mol. The molecule has 24 heavy (non-hydrogen) atoms. The van der Waals surface area contributed by atoms with Crippen LogP contribution in [0.5, 0.6) is 0 Å². The lowest BCUT2D eigenvalue weighted by atomic mass is 9.90. The Hall–Kier alpha value is -1.76. The number of alkyl halides is 6. The molecule has 1 nitrogen and oxygen atoms in total. The van der Waals surface area contributed by atoms with Gasteiger partial charge in [-0.1, -0.05) is 41.5 Å². The minimum Gasteiger partial charge on any atom is -0.369 e. The van der Waals surface area contributed by atoms with E-state index in [0.717, 1.165) is 23.3 Å². The SMILES string of the molecule is CC(C)=CC(=C(C)C)c1ccc(C(O)(C(F)(F)F)C(F)(F)F)cc1. The van der Waals surface area contributed by atoms with E-state index in [9.17, 15) is 31.4 Å². The summed E-state index contributed by atoms with van der Waals surface area (Å²) < 4.78 is 77.1. The lowest BCUT2D eigenvalue weighted by molar-refractivity contribution is -0.376. The van der Waals surface area contributed by atoms with Gasteiger partial charge in [-0.05, 0) is 38.8 Å². The van der Waals surface area contributed by atoms with E-state index < -0.39 is 23.5 Å². The molecule has 0 spiro atoms. The molecule has 0 amide bonds. The van der Waals surface area contributed by atoms with Gasteiger partial charge in [0.1, 0.15) is 0 Å². The minimum atomic E-state index is -5.88. The van der Waals surface area contributed by atoms with Gasteiger partial charge in [-0.15, -0.1) is 0 Å². The Morgan fingerprint density at radius 2 is 1.25 bits per heavy atom. The van der Waals surface area contributed by atoms with E-state index in [0.29, 0.717) is 23.3 Å². The normalized spacial score (nSPS) is 12.8. The third kappa shape index (κ3) is 3.83. The molecule has 1 aromatic rings. The van der Waals surface area contributed by atoms with Crippen molar-refractivity contribution in [1.29, 1.82) is 0 Å². The summed E-state index contributed by atoms with van der Waals surface area (Å²) in [5.41, 5.74) is -3.23. The zero-order valence-electron chi connectivity index (χ0n) is 13.6. The standard InChI is InChI=1S/C17H18F6O/c1-10(2)9-14(11(3)4)12-5-7-13(8-6-12)15(24,16(18,19)20)17(21,22)23/h5-9,24H,1-4H3. The van der Waals surface area contributed by atoms with Gasteiger partial charge in [0, 0.05) is 5.56 Å². The van der Waals surface area contributed by atoms with E-state index in [1.807, 2.05) is 13.8 Å². The maximum absolute atomic E-state index is 12.9. The molecule has 0 bridgehead atoms. The first kappa shape index (κ1) is 20.3. The highest BCUT2D eigenvalue weighted by Crippen LogP contribution is 2.50. The van der Waals surface area contributed by atoms with Crippen LogP contribution in [0, 0.1) is 0 Å². The molecule has 134 valence electrons. The summed E-state index contributed by atoms with van der Waals surface area (Å²) in [6.07, 6.45) is -9.98. The van der Waals surface area contributed by atoms with Crippen molar-refractivity contribution in [2.45, 2.75) is 45.6 Å². The van der Waals surface area contributed by atoms with Crippen LogP contribution in [0.15, 0.2) is 41.5 Å². The fourth-order valence-electron chi connectivity index (χ4n) is 2.18. The van der Waals surface area contributed by atoms with Crippen molar-refractivity contribution in [2.75, 3.05) is 0 Å². The van der Waals surface area contributed by atoms with Gasteiger partial charge in [-0.2, -0.15) is 26.3 Å². The van der Waals surface area contributed by atoms with Crippen molar-refractivity contribution in [3.63, 3.8) is 0 Å². The number of benzene rings is 1. The molecular weight excluding hydrogens is 334 g/mol. The fourth-order valence-corrected chi connectivity index (χ4v) is 2.18. The third-order valence-corrected chi connectivity index (χ3v) is 3.41. The summed E-state index contributed by atoms with van der Waals surface area (Å²) in [6.45, 7) is 7.21. The van der Waals surface area contributed by atoms with Crippen LogP contribution in [0.2, 0.25) is 0 Å². The van der Waals surface area contributed by atoms with Gasteiger partial charge >= 0.3 is 12.4 Å². The van der Waals surface area contributed by atoms with E-state index in [1.54, 1.807) is 19.9 Å². The van der Waals surface area contributed by atoms with Crippen LogP contribution < -0.4 is 0 Å². The average Bonchev–Trinajstić information content (AvgIpc) is 2.41. The summed E-state index contributed by atoms with van der Waals surface area (Å²) in [7, 11) is 0. The minimum absolute atomic E-state index is 0.464. The Balaban J connectivity index is 3.47. The lowest BCUT2D eigenvalue weighted by Gasteiger charge is -2.32. The van der Waals surface area contributed by atoms with Crippen molar-refractivity contribution in [2.24, 2.45) is 0 Å². The second-order valence-corrected chi connectivity index (χ2v) is 5.92. The van der Waals surface area contributed by atoms with Gasteiger partial charge in [0.2, 0.25) is 0 Å². The predicted octanol–water partition coefficient (Wildman–Crippen LogP) is 5.76. The van der Waals surface area contributed by atoms with Gasteiger partial charge < -0.3 is 5.11 Å². The number of allylic oxidation sites excluding steroid dienone is 4. The second-order valence-electron chi connectivity index (χ2n) is 5.92. The summed E-state index contributed by atoms with van der Waals surface area (Å²) in [5, 5.41) is 9.37. The molecular formula is C17H18F6O. The first-order chi connectivity index (χ1) is 10.7. The predicted molar refractivity (Wildman–Crippen MR) is 80.1 cm³/mol. The Bertz CT molecular complexity index is 625. The van der Waals surface area contributed by atoms with Gasteiger partial charge in [0.25, 0.3) is 5.60 Å². The molecule has 0 radical (unpaired) electrons. The molecule has 0 aliphatic rings. The molecule has 0 aromatic heterocycles. The van der Waals surface area contributed by atoms with Gasteiger partial charge in [-0.3, -0.25) is 0 Å². The van der Waals surface area contributed by atoms with E-state index >= 15 is 0 Å². The first-order valence-corrected chi connectivity index (χ1v) is 7.01. The molecule has 1 rings (SSSR count). The van der Waals surface area contributed by atoms with Gasteiger partial charge in [-0.25, -0.2) is 0 Å². The van der Waals surface area contributed by atoms with Crippen LogP contribution in [-0.2, 0) is 5.60 Å². The fraction of sp³-hybridized carbons (Fsp3) is 0.412. The largest absolute Gasteiger partial charge is 0.430 e. The molecule has 0 unspecified atom stereocenters. The first-order valence-electron chi connectivity index (χ1n) is 7.01. The summed E-state index contributed by atoms with van der Waals surface area (Å²) in [6, 6.07) is 3.58. The van der Waals surface area contributed by atoms with Crippen molar-refractivity contribution >= 4 is 5.57 Å². The molecule has 1 N–H and O–H groups in total. The summed E-state index contributed by atoms with van der Waals surface area (Å²) in [4.78, 5) is 0. The highest BCUT2D eigenvalue weighted by molar-refractivity contribution is 5.76. The van der Waals surface area contributed by atoms with Crippen LogP contribution in [0.1, 0.15) is 38.8 Å². The Morgan fingerprint density at radius 1 is 0.833 bits per heavy atom. The topological polar surface area (TPSA) is 20.2 Å². The quantitative estimate of drug-likeness (QED) is 0.542. The van der Waals surface area contributed by atoms with Crippen molar-refractivity contribution in [3.05, 3.63) is 52.6 Å². The van der Waals surface area contributed by atoms with E-state index in [2.05, 4.69) is 0 Å². The maximum Gasteiger partial charge on any atom is 0.430 e. The molecule has 0 heterocycles. The van der Waals surface area contributed by atoms with Crippen LogP contribution in [0.4, 0.5) is 26.3 Å². The van der Waals surface area contributed by atoms with Crippen molar-refractivity contribution in [1.82, 2.24) is 0 Å². The smallest absolute Gasteiger partial charge is 0.369 e. The van der Waals surface area contributed by atoms with Crippen LogP contribution in [0.25, 0.3) is 5.57 Å². The van der Waals surface area contributed by atoms with Crippen molar-refractivity contribution < 1.29 is 31.4 Å². The summed E-state index contributed by atoms with van der Waals surface area (Å²) in [5.74, 6) is 0. The highest BCUT2D eigenvalue weighted by atomic mass is 19.4. The maximum atomic E-state index is 12.9. The van der Waals surface area contributed by atoms with E-state index in [1.165, 1.54) is 0 Å². The molecule has 0 fully saturated rings. The number of hydrogen-bond donors (Lipinski definition) is 1. The number of halogens is 6. The van der Waals surface area contributed by atoms with Gasteiger partial charge in [0.05, 0.1) is 0 Å². The molecule has 0 saturated carbocycles. The number of rotatable bonds is 3. The van der Waals surface area contributed by atoms with E-state index in [4.69, 9.17) is 0 Å². The van der Waals surface area contributed by atoms with Crippen LogP contribution in [0.3, 0.4) is 0 Å². The van der Waals surface area contributed by atoms with Crippen LogP contribution >= 0.6 is 0 Å². The molecule has 0 aliphatic heterocycles. The zero-order valence-corrected chi connectivity index (χ0v) is 13.6. The Labute approximate surface area is 136 Å². The number of aliphatic hydroxyl groups is 1. The molecule has 7 heteroatoms. The van der Waals surface area contributed by atoms with Crippen LogP contribution in [-0.4, -0.2) is 17.5 Å². The molecule has 0 aliphatic carbocycles. The average molecular weight is 352 g/mol. The Kier molecular flexibility index (Phi) is 5.60. The lowest BCUT2D eigenvalue weighted by Crippen LogP contribution is -2.53. The van der Waals surface area contributed by atoms with Gasteiger partial charge in [0.15, 0.2) is 0 Å². The van der Waals surface area contributed by atoms with Crippen molar-refractivity contribution in [3.8, 4) is 0 Å². The van der Waals surface area contributed by atoms with E-state index in [-0.39, 0.29) is 0 Å². The second kappa shape index (κ2) is 6.63. The molecule has 0 saturated heterocycles. The molecule has 1 aromatic carbocycles. The highest BCUT2D eigenvalue weighted by Gasteiger charge is 2.71. The third-order valence-electron chi connectivity index (χ3n) is 3.41. The Morgan fingerprint density at radius 3 is 1.54 bits per heavy atom. The zero-order chi connectivity index (χ0) is 18.9. The summed E-state index contributed by atoms with van der Waals surface area (Å²) >= 11 is 0.